The zero-order valence-electron chi connectivity index (χ0n) is 26.6. The molecule has 2 N–H and O–H groups in total. The highest BCUT2D eigenvalue weighted by molar-refractivity contribution is 5.82. The van der Waals surface area contributed by atoms with Gasteiger partial charge >= 0.3 is 36.6 Å². The van der Waals surface area contributed by atoms with E-state index in [9.17, 15) is 62.3 Å². The van der Waals surface area contributed by atoms with Gasteiger partial charge in [-0.1, -0.05) is 60.7 Å². The van der Waals surface area contributed by atoms with Crippen LogP contribution in [-0.2, 0) is 43.8 Å². The van der Waals surface area contributed by atoms with Crippen LogP contribution in [-0.4, -0.2) is 26.2 Å². The molecule has 18 heteroatoms. The first-order valence-corrected chi connectivity index (χ1v) is 14.4. The number of benzene rings is 4. The number of carbonyl (C=O) groups is 2. The molecule has 0 fully saturated rings. The second kappa shape index (κ2) is 16.3. The number of rotatable bonds is 8. The van der Waals surface area contributed by atoms with Crippen molar-refractivity contribution >= 4 is 23.3 Å². The third kappa shape index (κ3) is 11.3. The predicted molar refractivity (Wildman–Crippen MR) is 163 cm³/mol. The van der Waals surface area contributed by atoms with Crippen molar-refractivity contribution in [3.8, 4) is 0 Å². The smallest absolute Gasteiger partial charge is 0.416 e. The second-order valence-corrected chi connectivity index (χ2v) is 10.6. The average Bonchev–Trinajstić information content (AvgIpc) is 3.08. The first kappa shape index (κ1) is 41.0. The van der Waals surface area contributed by atoms with E-state index in [0.717, 1.165) is 14.2 Å². The molecule has 0 aromatic heterocycles. The molecule has 0 bridgehead atoms. The summed E-state index contributed by atoms with van der Waals surface area (Å²) < 4.78 is 164. The van der Waals surface area contributed by atoms with E-state index < -0.39 is 82.4 Å². The molecule has 52 heavy (non-hydrogen) atoms. The summed E-state index contributed by atoms with van der Waals surface area (Å²) in [6.07, 6.45) is -19.9. The van der Waals surface area contributed by atoms with Gasteiger partial charge < -0.3 is 20.1 Å². The number of nitrogens with one attached hydrogen (secondary N) is 2. The Morgan fingerprint density at radius 2 is 0.712 bits per heavy atom. The van der Waals surface area contributed by atoms with Crippen molar-refractivity contribution < 1.29 is 71.7 Å². The van der Waals surface area contributed by atoms with Crippen molar-refractivity contribution in [2.45, 2.75) is 36.8 Å². The minimum absolute atomic E-state index is 0.0147. The Morgan fingerprint density at radius 1 is 0.462 bits per heavy atom. The number of methoxy groups -OCH3 is 2. The Hall–Kier alpha value is -5.42. The van der Waals surface area contributed by atoms with Crippen molar-refractivity contribution in [2.24, 2.45) is 0 Å². The van der Waals surface area contributed by atoms with Crippen LogP contribution < -0.4 is 10.6 Å². The Balaban J connectivity index is 0.000000280. The monoisotopic (exact) mass is 754 g/mol. The molecule has 0 unspecified atom stereocenters. The summed E-state index contributed by atoms with van der Waals surface area (Å²) in [4.78, 5) is 23.9. The lowest BCUT2D eigenvalue weighted by molar-refractivity contribution is -0.144. The summed E-state index contributed by atoms with van der Waals surface area (Å²) in [5.41, 5.74) is -6.29. The van der Waals surface area contributed by atoms with Gasteiger partial charge in [-0.05, 0) is 47.5 Å². The molecular formula is C34H26F12N2O4. The lowest BCUT2D eigenvalue weighted by Gasteiger charge is -2.20. The van der Waals surface area contributed by atoms with E-state index in [4.69, 9.17) is 0 Å². The first-order valence-electron chi connectivity index (χ1n) is 14.4. The fraction of sp³-hybridized carbons (Fsp3) is 0.235. The second-order valence-electron chi connectivity index (χ2n) is 10.6. The van der Waals surface area contributed by atoms with E-state index in [1.807, 2.05) is 0 Å². The van der Waals surface area contributed by atoms with Crippen LogP contribution in [0.2, 0.25) is 0 Å². The number of anilines is 2. The molecule has 280 valence electrons. The Labute approximate surface area is 287 Å². The lowest BCUT2D eigenvalue weighted by Crippen LogP contribution is -2.23. The molecule has 0 saturated heterocycles. The fourth-order valence-corrected chi connectivity index (χ4v) is 4.49. The summed E-state index contributed by atoms with van der Waals surface area (Å²) in [5, 5.41) is 4.79. The number of hydrogen-bond acceptors (Lipinski definition) is 6. The maximum absolute atomic E-state index is 12.9. The normalized spacial score (nSPS) is 13.2. The molecule has 0 radical (unpaired) electrons. The predicted octanol–water partition coefficient (Wildman–Crippen LogP) is 10.1. The third-order valence-electron chi connectivity index (χ3n) is 6.94. The maximum Gasteiger partial charge on any atom is 0.416 e. The number of hydrogen-bond donors (Lipinski definition) is 2. The van der Waals surface area contributed by atoms with Gasteiger partial charge in [0, 0.05) is 11.4 Å². The Morgan fingerprint density at radius 3 is 0.923 bits per heavy atom. The summed E-state index contributed by atoms with van der Waals surface area (Å²) in [6.45, 7) is 0. The molecule has 4 aromatic rings. The molecule has 6 nitrogen and oxygen atoms in total. The highest BCUT2D eigenvalue weighted by Gasteiger charge is 2.39. The van der Waals surface area contributed by atoms with Gasteiger partial charge in [0.2, 0.25) is 0 Å². The molecule has 0 heterocycles. The molecule has 2 atom stereocenters. The van der Waals surface area contributed by atoms with Gasteiger partial charge in [-0.25, -0.2) is 9.59 Å². The molecular weight excluding hydrogens is 728 g/mol. The van der Waals surface area contributed by atoms with Gasteiger partial charge in [0.25, 0.3) is 0 Å². The molecule has 0 aliphatic rings. The van der Waals surface area contributed by atoms with E-state index >= 15 is 0 Å². The lowest BCUT2D eigenvalue weighted by atomic mass is 10.0. The number of esters is 2. The Bertz CT molecular complexity index is 1610. The van der Waals surface area contributed by atoms with Crippen LogP contribution in [0.5, 0.6) is 0 Å². The Kier molecular flexibility index (Phi) is 12.8. The molecule has 4 aromatic carbocycles. The third-order valence-corrected chi connectivity index (χ3v) is 6.94. The van der Waals surface area contributed by atoms with Crippen molar-refractivity contribution in [1.82, 2.24) is 0 Å². The summed E-state index contributed by atoms with van der Waals surface area (Å²) in [6, 6.07) is 15.1. The zero-order chi connectivity index (χ0) is 39.1. The highest BCUT2D eigenvalue weighted by Crippen LogP contribution is 2.40. The van der Waals surface area contributed by atoms with Crippen molar-refractivity contribution in [2.75, 3.05) is 24.9 Å². The zero-order valence-corrected chi connectivity index (χ0v) is 26.6. The first-order chi connectivity index (χ1) is 24.0. The van der Waals surface area contributed by atoms with Crippen LogP contribution >= 0.6 is 0 Å². The maximum atomic E-state index is 12.9. The number of carbonyl (C=O) groups excluding carboxylic acids is 2. The summed E-state index contributed by atoms with van der Waals surface area (Å²) in [5.74, 6) is -1.72. The van der Waals surface area contributed by atoms with Crippen molar-refractivity contribution in [3.63, 3.8) is 0 Å². The number of alkyl halides is 12. The van der Waals surface area contributed by atoms with E-state index in [-0.39, 0.29) is 12.1 Å². The van der Waals surface area contributed by atoms with E-state index in [1.165, 1.54) is 24.3 Å². The van der Waals surface area contributed by atoms with Gasteiger partial charge in [0.1, 0.15) is 0 Å². The quantitative estimate of drug-likeness (QED) is 0.138. The van der Waals surface area contributed by atoms with Crippen LogP contribution in [0.25, 0.3) is 0 Å². The van der Waals surface area contributed by atoms with Crippen LogP contribution in [0.4, 0.5) is 64.1 Å². The van der Waals surface area contributed by atoms with Crippen LogP contribution in [0.3, 0.4) is 0 Å². The van der Waals surface area contributed by atoms with Gasteiger partial charge in [0.05, 0.1) is 36.5 Å². The summed E-state index contributed by atoms with van der Waals surface area (Å²) >= 11 is 0. The topological polar surface area (TPSA) is 76.7 Å². The number of ether oxygens (including phenoxy) is 2. The molecule has 0 aliphatic heterocycles. The van der Waals surface area contributed by atoms with E-state index in [1.54, 1.807) is 36.4 Å². The molecule has 0 spiro atoms. The van der Waals surface area contributed by atoms with E-state index in [0.29, 0.717) is 35.4 Å². The highest BCUT2D eigenvalue weighted by atomic mass is 19.4. The minimum atomic E-state index is -4.98. The SMILES string of the molecule is COC(=O)[C@@H](Nc1cc(C(F)(F)F)cc(C(F)(F)F)c1)c1ccccc1.COC(=O)[C@H](Nc1cc(C(F)(F)F)cc(C(F)(F)F)c1)c1ccccc1. The fourth-order valence-electron chi connectivity index (χ4n) is 4.49. The van der Waals surface area contributed by atoms with E-state index in [2.05, 4.69) is 20.1 Å². The van der Waals surface area contributed by atoms with Crippen LogP contribution in [0, 0.1) is 0 Å². The van der Waals surface area contributed by atoms with Crippen LogP contribution in [0.1, 0.15) is 45.5 Å². The molecule has 0 saturated carbocycles. The van der Waals surface area contributed by atoms with Gasteiger partial charge in [-0.15, -0.1) is 0 Å². The standard InChI is InChI=1S/2C17H13F6NO2/c2*1-26-15(25)14(10-5-3-2-4-6-10)24-13-8-11(16(18,19)20)7-12(9-13)17(21,22)23/h2*2-9,14,24H,1H3/t2*14-/m10/s1. The summed E-state index contributed by atoms with van der Waals surface area (Å²) in [7, 11) is 2.13. The van der Waals surface area contributed by atoms with Gasteiger partial charge in [-0.2, -0.15) is 52.7 Å². The average molecular weight is 755 g/mol. The number of halogens is 12. The van der Waals surface area contributed by atoms with Crippen LogP contribution in [0.15, 0.2) is 97.1 Å². The van der Waals surface area contributed by atoms with Gasteiger partial charge in [0.15, 0.2) is 12.1 Å². The van der Waals surface area contributed by atoms with Crippen molar-refractivity contribution in [1.29, 1.82) is 0 Å². The van der Waals surface area contributed by atoms with Crippen molar-refractivity contribution in [3.05, 3.63) is 130 Å². The minimum Gasteiger partial charge on any atom is -0.467 e. The van der Waals surface area contributed by atoms with Gasteiger partial charge in [-0.3, -0.25) is 0 Å². The molecule has 0 aliphatic carbocycles. The molecule has 4 rings (SSSR count). The molecule has 0 amide bonds. The largest absolute Gasteiger partial charge is 0.467 e.